The fourth-order valence-electron chi connectivity index (χ4n) is 3.95. The number of anilines is 2. The average Bonchev–Trinajstić information content (AvgIpc) is 2.67. The summed E-state index contributed by atoms with van der Waals surface area (Å²) in [7, 11) is 0. The molecule has 2 heteroatoms. The maximum atomic E-state index is 3.78. The average molecular weight is 407 g/mol. The van der Waals surface area contributed by atoms with Crippen LogP contribution in [0, 0.1) is 0 Å². The van der Waals surface area contributed by atoms with Crippen LogP contribution in [0.5, 0.6) is 0 Å². The van der Waals surface area contributed by atoms with Crippen molar-refractivity contribution >= 4 is 11.4 Å². The van der Waals surface area contributed by atoms with E-state index < -0.39 is 0 Å². The van der Waals surface area contributed by atoms with Crippen LogP contribution in [0.15, 0.2) is 47.8 Å². The maximum absolute atomic E-state index is 3.78. The number of benzene rings is 2. The van der Waals surface area contributed by atoms with Crippen molar-refractivity contribution in [3.63, 3.8) is 0 Å². The van der Waals surface area contributed by atoms with E-state index in [4.69, 9.17) is 0 Å². The lowest BCUT2D eigenvalue weighted by molar-refractivity contribution is 0.834. The second kappa shape index (κ2) is 10.2. The molecule has 0 aliphatic carbocycles. The molecular weight excluding hydrogens is 364 g/mol. The van der Waals surface area contributed by atoms with Gasteiger partial charge in [-0.3, -0.25) is 0 Å². The van der Waals surface area contributed by atoms with E-state index in [2.05, 4.69) is 116 Å². The highest BCUT2D eigenvalue weighted by molar-refractivity contribution is 5.66. The number of nitrogens with one attached hydrogen (secondary N) is 2. The molecule has 30 heavy (non-hydrogen) atoms. The van der Waals surface area contributed by atoms with Crippen molar-refractivity contribution in [1.29, 1.82) is 0 Å². The minimum atomic E-state index is 0.474. The van der Waals surface area contributed by atoms with E-state index in [-0.39, 0.29) is 0 Å². The Bertz CT molecular complexity index is 760. The van der Waals surface area contributed by atoms with E-state index in [0.717, 1.165) is 0 Å². The second-order valence-corrected chi connectivity index (χ2v) is 9.74. The van der Waals surface area contributed by atoms with Gasteiger partial charge in [-0.25, -0.2) is 0 Å². The van der Waals surface area contributed by atoms with Crippen LogP contribution in [0.1, 0.15) is 115 Å². The summed E-state index contributed by atoms with van der Waals surface area (Å²) in [6.07, 6.45) is 0. The Balaban J connectivity index is 2.48. The van der Waals surface area contributed by atoms with E-state index in [0.29, 0.717) is 23.7 Å². The predicted molar refractivity (Wildman–Crippen MR) is 135 cm³/mol. The first-order valence-corrected chi connectivity index (χ1v) is 11.5. The summed E-state index contributed by atoms with van der Waals surface area (Å²) >= 11 is 0. The van der Waals surface area contributed by atoms with Crippen molar-refractivity contribution in [3.05, 3.63) is 70.0 Å². The third kappa shape index (κ3) is 5.47. The lowest BCUT2D eigenvalue weighted by Crippen LogP contribution is -2.12. The normalized spacial score (nSPS) is 12.7. The smallest absolute Gasteiger partial charge is 0.0452 e. The van der Waals surface area contributed by atoms with Crippen LogP contribution in [0.3, 0.4) is 0 Å². The first-order valence-electron chi connectivity index (χ1n) is 11.5. The minimum absolute atomic E-state index is 0.474. The summed E-state index contributed by atoms with van der Waals surface area (Å²) in [6, 6.07) is 13.4. The molecule has 0 aliphatic rings. The highest BCUT2D eigenvalue weighted by Gasteiger charge is 2.17. The molecule has 2 aromatic rings. The fourth-order valence-corrected chi connectivity index (χ4v) is 3.95. The largest absolute Gasteiger partial charge is 0.357 e. The topological polar surface area (TPSA) is 24.1 Å². The Morgan fingerprint density at radius 2 is 0.733 bits per heavy atom. The SMILES string of the molecule is C/C(Nc1c(C(C)C)cccc1C(C)C)=C(\C)Nc1c(C(C)C)cccc1C(C)C. The second-order valence-electron chi connectivity index (χ2n) is 9.74. The van der Waals surface area contributed by atoms with E-state index in [1.165, 1.54) is 45.0 Å². The van der Waals surface area contributed by atoms with Gasteiger partial charge >= 0.3 is 0 Å². The molecule has 2 rings (SSSR count). The Labute approximate surface area is 185 Å². The minimum Gasteiger partial charge on any atom is -0.357 e. The molecule has 0 heterocycles. The third-order valence-electron chi connectivity index (χ3n) is 5.93. The molecule has 0 unspecified atom stereocenters. The first kappa shape index (κ1) is 24.1. The molecule has 0 saturated carbocycles. The number of allylic oxidation sites excluding steroid dienone is 2. The van der Waals surface area contributed by atoms with E-state index in [1.807, 2.05) is 0 Å². The van der Waals surface area contributed by atoms with Gasteiger partial charge in [0, 0.05) is 22.8 Å². The third-order valence-corrected chi connectivity index (χ3v) is 5.93. The van der Waals surface area contributed by atoms with Crippen LogP contribution < -0.4 is 10.6 Å². The van der Waals surface area contributed by atoms with Crippen molar-refractivity contribution in [2.75, 3.05) is 10.6 Å². The van der Waals surface area contributed by atoms with Crippen molar-refractivity contribution in [3.8, 4) is 0 Å². The van der Waals surface area contributed by atoms with Crippen LogP contribution in [0.4, 0.5) is 11.4 Å². The maximum Gasteiger partial charge on any atom is 0.0452 e. The highest BCUT2D eigenvalue weighted by Crippen LogP contribution is 2.35. The predicted octanol–water partition coefficient (Wildman–Crippen LogP) is 8.96. The van der Waals surface area contributed by atoms with Crippen LogP contribution in [-0.2, 0) is 0 Å². The zero-order valence-electron chi connectivity index (χ0n) is 20.8. The molecule has 0 amide bonds. The van der Waals surface area contributed by atoms with Crippen LogP contribution in [-0.4, -0.2) is 0 Å². The molecule has 0 saturated heterocycles. The Morgan fingerprint density at radius 3 is 0.933 bits per heavy atom. The van der Waals surface area contributed by atoms with Gasteiger partial charge in [0.1, 0.15) is 0 Å². The van der Waals surface area contributed by atoms with Gasteiger partial charge in [0.15, 0.2) is 0 Å². The molecule has 2 nitrogen and oxygen atoms in total. The summed E-state index contributed by atoms with van der Waals surface area (Å²) in [5, 5.41) is 7.55. The molecule has 0 fully saturated rings. The van der Waals surface area contributed by atoms with Gasteiger partial charge in [-0.1, -0.05) is 91.8 Å². The van der Waals surface area contributed by atoms with Crippen molar-refractivity contribution in [2.24, 2.45) is 0 Å². The van der Waals surface area contributed by atoms with E-state index in [1.54, 1.807) is 0 Å². The summed E-state index contributed by atoms with van der Waals surface area (Å²) < 4.78 is 0. The molecule has 0 bridgehead atoms. The van der Waals surface area contributed by atoms with Gasteiger partial charge in [0.05, 0.1) is 0 Å². The zero-order valence-corrected chi connectivity index (χ0v) is 20.8. The van der Waals surface area contributed by atoms with Gasteiger partial charge in [-0.05, 0) is 59.8 Å². The molecule has 0 aromatic heterocycles. The van der Waals surface area contributed by atoms with E-state index in [9.17, 15) is 0 Å². The molecule has 2 aromatic carbocycles. The highest BCUT2D eigenvalue weighted by atomic mass is 15.0. The van der Waals surface area contributed by atoms with Crippen LogP contribution in [0.25, 0.3) is 0 Å². The lowest BCUT2D eigenvalue weighted by atomic mass is 9.92. The molecule has 0 aliphatic heterocycles. The number of hydrogen-bond donors (Lipinski definition) is 2. The summed E-state index contributed by atoms with van der Waals surface area (Å²) in [5.74, 6) is 1.89. The molecule has 0 atom stereocenters. The molecule has 0 spiro atoms. The van der Waals surface area contributed by atoms with Crippen molar-refractivity contribution in [2.45, 2.75) is 92.9 Å². The monoisotopic (exact) mass is 406 g/mol. The summed E-state index contributed by atoms with van der Waals surface area (Å²) in [4.78, 5) is 0. The first-order chi connectivity index (χ1) is 14.0. The number of hydrogen-bond acceptors (Lipinski definition) is 2. The van der Waals surface area contributed by atoms with Crippen molar-refractivity contribution in [1.82, 2.24) is 0 Å². The summed E-state index contributed by atoms with van der Waals surface area (Å²) in [6.45, 7) is 22.5. The van der Waals surface area contributed by atoms with Gasteiger partial charge in [0.2, 0.25) is 0 Å². The quantitative estimate of drug-likeness (QED) is 0.457. The van der Waals surface area contributed by atoms with E-state index >= 15 is 0 Å². The number of rotatable bonds is 8. The Hall–Kier alpha value is -2.22. The molecule has 0 radical (unpaired) electrons. The lowest BCUT2D eigenvalue weighted by Gasteiger charge is -2.24. The summed E-state index contributed by atoms with van der Waals surface area (Å²) in [5.41, 5.74) is 10.4. The van der Waals surface area contributed by atoms with Gasteiger partial charge in [-0.15, -0.1) is 0 Å². The number of para-hydroxylation sites is 2. The van der Waals surface area contributed by atoms with Crippen molar-refractivity contribution < 1.29 is 0 Å². The van der Waals surface area contributed by atoms with Crippen LogP contribution >= 0.6 is 0 Å². The van der Waals surface area contributed by atoms with Gasteiger partial charge in [0.25, 0.3) is 0 Å². The molecular formula is C28H42N2. The van der Waals surface area contributed by atoms with Crippen LogP contribution in [0.2, 0.25) is 0 Å². The Morgan fingerprint density at radius 1 is 0.500 bits per heavy atom. The molecule has 164 valence electrons. The standard InChI is InChI=1S/C28H42N2/c1-17(2)23-13-11-14-24(18(3)4)27(23)29-21(9)22(10)30-28-25(19(5)6)15-12-16-26(28)20(7)8/h11-20,29-30H,1-10H3/b22-21-. The molecule has 2 N–H and O–H groups in total. The van der Waals surface area contributed by atoms with Gasteiger partial charge in [-0.2, -0.15) is 0 Å². The Kier molecular flexibility index (Phi) is 8.18. The fraction of sp³-hybridized carbons (Fsp3) is 0.500. The van der Waals surface area contributed by atoms with Gasteiger partial charge < -0.3 is 10.6 Å². The zero-order chi connectivity index (χ0) is 22.6.